The van der Waals surface area contributed by atoms with Crippen molar-refractivity contribution in [2.24, 2.45) is 0 Å². The normalized spacial score (nSPS) is 16.6. The molecular formula is C18H21Cl2N5O. The van der Waals surface area contributed by atoms with E-state index in [-0.39, 0.29) is 5.76 Å². The molecule has 0 aliphatic carbocycles. The third-order valence-corrected chi connectivity index (χ3v) is 4.74. The second kappa shape index (κ2) is 9.07. The number of nitrogens with zero attached hydrogens (tertiary/aromatic N) is 2. The van der Waals surface area contributed by atoms with E-state index >= 15 is 0 Å². The molecule has 8 heteroatoms. The fraction of sp³-hybridized carbons (Fsp3) is 0.333. The molecule has 4 rings (SSSR count). The summed E-state index contributed by atoms with van der Waals surface area (Å²) >= 11 is 12.1. The van der Waals surface area contributed by atoms with Gasteiger partial charge >= 0.3 is 0 Å². The van der Waals surface area contributed by atoms with Gasteiger partial charge in [-0.1, -0.05) is 23.2 Å². The molecule has 1 fully saturated rings. The Balaban J connectivity index is 0.000000339. The number of fused-ring (bicyclic) bond motifs is 1. The van der Waals surface area contributed by atoms with Crippen LogP contribution in [0.4, 0.5) is 0 Å². The molecule has 26 heavy (non-hydrogen) atoms. The number of aliphatic hydroxyl groups is 1. The first kappa shape index (κ1) is 18.8. The summed E-state index contributed by atoms with van der Waals surface area (Å²) in [6, 6.07) is 3.65. The van der Waals surface area contributed by atoms with Gasteiger partial charge in [0.2, 0.25) is 0 Å². The molecule has 1 saturated heterocycles. The van der Waals surface area contributed by atoms with Gasteiger partial charge in [-0.15, -0.1) is 0 Å². The molecule has 0 saturated carbocycles. The first-order valence-corrected chi connectivity index (χ1v) is 9.26. The van der Waals surface area contributed by atoms with Crippen molar-refractivity contribution in [2.75, 3.05) is 19.6 Å². The van der Waals surface area contributed by atoms with Crippen LogP contribution in [0.2, 0.25) is 5.02 Å². The molecule has 2 aliphatic rings. The maximum atomic E-state index is 9.88. The van der Waals surface area contributed by atoms with Crippen molar-refractivity contribution in [3.63, 3.8) is 0 Å². The van der Waals surface area contributed by atoms with Crippen LogP contribution in [-0.4, -0.2) is 34.7 Å². The van der Waals surface area contributed by atoms with Crippen molar-refractivity contribution in [3.8, 4) is 0 Å². The van der Waals surface area contributed by atoms with Crippen molar-refractivity contribution in [1.29, 1.82) is 0 Å². The first-order valence-electron chi connectivity index (χ1n) is 8.50. The Hall–Kier alpha value is -2.02. The van der Waals surface area contributed by atoms with E-state index in [0.29, 0.717) is 28.8 Å². The molecule has 0 radical (unpaired) electrons. The molecule has 3 heterocycles. The molecule has 1 aromatic heterocycles. The smallest absolute Gasteiger partial charge is 0.156 e. The quantitative estimate of drug-likeness (QED) is 0.640. The number of aromatic nitrogens is 2. The van der Waals surface area contributed by atoms with Crippen LogP contribution < -0.4 is 16.0 Å². The number of halogens is 2. The number of hydrogen-bond acceptors (Lipinski definition) is 6. The average Bonchev–Trinajstić information content (AvgIpc) is 3.23. The maximum absolute atomic E-state index is 9.88. The third kappa shape index (κ3) is 4.78. The minimum Gasteiger partial charge on any atom is -0.504 e. The molecule has 138 valence electrons. The summed E-state index contributed by atoms with van der Waals surface area (Å²) in [5.41, 5.74) is 2.91. The van der Waals surface area contributed by atoms with Crippen LogP contribution in [0, 0.1) is 0 Å². The van der Waals surface area contributed by atoms with Gasteiger partial charge in [-0.3, -0.25) is 9.97 Å². The third-order valence-electron chi connectivity index (χ3n) is 4.08. The fourth-order valence-electron chi connectivity index (χ4n) is 2.66. The van der Waals surface area contributed by atoms with E-state index in [1.165, 1.54) is 25.9 Å². The number of hydrogen-bond donors (Lipinski definition) is 4. The first-order chi connectivity index (χ1) is 12.6. The largest absolute Gasteiger partial charge is 0.504 e. The van der Waals surface area contributed by atoms with Crippen molar-refractivity contribution in [2.45, 2.75) is 19.4 Å². The van der Waals surface area contributed by atoms with Gasteiger partial charge in [0.25, 0.3) is 0 Å². The lowest BCUT2D eigenvalue weighted by molar-refractivity contribution is 0.404. The van der Waals surface area contributed by atoms with Gasteiger partial charge in [0, 0.05) is 30.2 Å². The SMILES string of the molecule is C1CCNC1.OC1=C(Cl)CNC=C1NCc1cc2nccnc2cc1Cl. The molecule has 0 unspecified atom stereocenters. The van der Waals surface area contributed by atoms with Crippen LogP contribution in [0.3, 0.4) is 0 Å². The Morgan fingerprint density at radius 2 is 1.77 bits per heavy atom. The van der Waals surface area contributed by atoms with E-state index in [9.17, 15) is 5.11 Å². The van der Waals surface area contributed by atoms with Crippen LogP contribution in [-0.2, 0) is 6.54 Å². The van der Waals surface area contributed by atoms with Gasteiger partial charge in [0.05, 0.1) is 28.3 Å². The summed E-state index contributed by atoms with van der Waals surface area (Å²) in [5, 5.41) is 20.1. The Morgan fingerprint density at radius 3 is 2.42 bits per heavy atom. The highest BCUT2D eigenvalue weighted by Gasteiger charge is 2.14. The predicted molar refractivity (Wildman–Crippen MR) is 105 cm³/mol. The Bertz CT molecular complexity index is 826. The van der Waals surface area contributed by atoms with E-state index in [1.54, 1.807) is 24.7 Å². The lowest BCUT2D eigenvalue weighted by Crippen LogP contribution is -2.24. The van der Waals surface area contributed by atoms with E-state index in [1.807, 2.05) is 6.07 Å². The lowest BCUT2D eigenvalue weighted by Gasteiger charge is -2.17. The van der Waals surface area contributed by atoms with Crippen molar-refractivity contribution >= 4 is 34.2 Å². The highest BCUT2D eigenvalue weighted by Crippen LogP contribution is 2.22. The molecule has 0 bridgehead atoms. The molecule has 1 aromatic carbocycles. The second-order valence-corrected chi connectivity index (χ2v) is 6.86. The van der Waals surface area contributed by atoms with Crippen molar-refractivity contribution in [3.05, 3.63) is 57.8 Å². The summed E-state index contributed by atoms with van der Waals surface area (Å²) in [5.74, 6) is 0.0483. The van der Waals surface area contributed by atoms with Crippen LogP contribution in [0.15, 0.2) is 47.2 Å². The molecular weight excluding hydrogens is 373 g/mol. The van der Waals surface area contributed by atoms with Crippen molar-refractivity contribution < 1.29 is 5.11 Å². The summed E-state index contributed by atoms with van der Waals surface area (Å²) in [4.78, 5) is 8.45. The van der Waals surface area contributed by atoms with Gasteiger partial charge in [0.15, 0.2) is 5.76 Å². The predicted octanol–water partition coefficient (Wildman–Crippen LogP) is 3.20. The maximum Gasteiger partial charge on any atom is 0.156 e. The molecule has 0 amide bonds. The lowest BCUT2D eigenvalue weighted by atomic mass is 10.1. The van der Waals surface area contributed by atoms with Crippen LogP contribution in [0.25, 0.3) is 11.0 Å². The highest BCUT2D eigenvalue weighted by atomic mass is 35.5. The topological polar surface area (TPSA) is 82.1 Å². The number of aliphatic hydroxyl groups excluding tert-OH is 1. The zero-order valence-corrected chi connectivity index (χ0v) is 15.7. The highest BCUT2D eigenvalue weighted by molar-refractivity contribution is 6.32. The average molecular weight is 394 g/mol. The number of dihydropyridines is 1. The van der Waals surface area contributed by atoms with Gasteiger partial charge in [-0.05, 0) is 43.6 Å². The molecule has 4 N–H and O–H groups in total. The van der Waals surface area contributed by atoms with Gasteiger partial charge in [0.1, 0.15) is 0 Å². The summed E-state index contributed by atoms with van der Waals surface area (Å²) < 4.78 is 0. The van der Waals surface area contributed by atoms with Gasteiger partial charge in [-0.25, -0.2) is 0 Å². The minimum absolute atomic E-state index is 0.0483. The summed E-state index contributed by atoms with van der Waals surface area (Å²) in [6.07, 6.45) is 7.71. The van der Waals surface area contributed by atoms with E-state index in [4.69, 9.17) is 23.2 Å². The monoisotopic (exact) mass is 393 g/mol. The number of rotatable bonds is 3. The van der Waals surface area contributed by atoms with Gasteiger partial charge in [-0.2, -0.15) is 0 Å². The zero-order valence-electron chi connectivity index (χ0n) is 14.2. The fourth-order valence-corrected chi connectivity index (χ4v) is 3.06. The van der Waals surface area contributed by atoms with Gasteiger partial charge < -0.3 is 21.1 Å². The number of benzene rings is 1. The standard InChI is InChI=1S/C14H12Cl2N4O.C4H9N/c15-9-4-12-11(18-1-2-19-12)3-8(9)5-20-13-7-17-6-10(16)14(13)21;1-2-4-5-3-1/h1-4,7,17,20-21H,5-6H2;5H,1-4H2. The molecule has 0 atom stereocenters. The van der Waals surface area contributed by atoms with E-state index < -0.39 is 0 Å². The number of nitrogens with one attached hydrogen (secondary N) is 3. The van der Waals surface area contributed by atoms with Crippen LogP contribution in [0.5, 0.6) is 0 Å². The summed E-state index contributed by atoms with van der Waals surface area (Å²) in [6.45, 7) is 3.36. The molecule has 2 aliphatic heterocycles. The molecule has 2 aromatic rings. The van der Waals surface area contributed by atoms with Crippen molar-refractivity contribution in [1.82, 2.24) is 25.9 Å². The van der Waals surface area contributed by atoms with Crippen LogP contribution in [0.1, 0.15) is 18.4 Å². The Morgan fingerprint density at radius 1 is 1.08 bits per heavy atom. The minimum atomic E-state index is 0.0483. The summed E-state index contributed by atoms with van der Waals surface area (Å²) in [7, 11) is 0. The van der Waals surface area contributed by atoms with E-state index in [0.717, 1.165) is 16.6 Å². The Kier molecular flexibility index (Phi) is 6.55. The van der Waals surface area contributed by atoms with E-state index in [2.05, 4.69) is 25.9 Å². The van der Waals surface area contributed by atoms with Crippen LogP contribution >= 0.6 is 23.2 Å². The second-order valence-electron chi connectivity index (χ2n) is 5.99. The molecule has 6 nitrogen and oxygen atoms in total. The molecule has 0 spiro atoms. The zero-order chi connectivity index (χ0) is 18.4. The Labute approximate surface area is 162 Å².